The van der Waals surface area contributed by atoms with Gasteiger partial charge in [0.25, 0.3) is 0 Å². The smallest absolute Gasteiger partial charge is 0.0436 e. The van der Waals surface area contributed by atoms with E-state index in [4.69, 9.17) is 0 Å². The van der Waals surface area contributed by atoms with Crippen LogP contribution in [0.1, 0.15) is 23.5 Å². The number of para-hydroxylation sites is 1. The average molecular weight is 305 g/mol. The van der Waals surface area contributed by atoms with Crippen molar-refractivity contribution in [3.8, 4) is 0 Å². The van der Waals surface area contributed by atoms with Gasteiger partial charge >= 0.3 is 0 Å². The van der Waals surface area contributed by atoms with Crippen molar-refractivity contribution >= 4 is 17.1 Å². The minimum atomic E-state index is 0.690. The number of anilines is 3. The Bertz CT molecular complexity index is 725. The van der Waals surface area contributed by atoms with Crippen LogP contribution in [-0.2, 0) is 6.42 Å². The van der Waals surface area contributed by atoms with Gasteiger partial charge in [0, 0.05) is 49.2 Å². The lowest BCUT2D eigenvalue weighted by atomic mass is 9.80. The second-order valence-corrected chi connectivity index (χ2v) is 7.14. The van der Waals surface area contributed by atoms with Gasteiger partial charge in [-0.15, -0.1) is 0 Å². The molecule has 3 heterocycles. The molecule has 0 aromatic heterocycles. The van der Waals surface area contributed by atoms with E-state index in [-0.39, 0.29) is 0 Å². The molecule has 0 radical (unpaired) electrons. The van der Waals surface area contributed by atoms with Crippen molar-refractivity contribution in [3.05, 3.63) is 53.6 Å². The SMILES string of the molecule is c1ccc(Nc2cc3c4c(c2)[C@H]2CNC[C@H]2CN4CCC3)cc1. The summed E-state index contributed by atoms with van der Waals surface area (Å²) >= 11 is 0. The average Bonchev–Trinajstić information content (AvgIpc) is 3.04. The van der Waals surface area contributed by atoms with Gasteiger partial charge in [-0.2, -0.15) is 0 Å². The van der Waals surface area contributed by atoms with Crippen molar-refractivity contribution in [2.75, 3.05) is 36.4 Å². The number of hydrogen-bond donors (Lipinski definition) is 2. The highest BCUT2D eigenvalue weighted by molar-refractivity contribution is 5.72. The van der Waals surface area contributed by atoms with Crippen LogP contribution >= 0.6 is 0 Å². The fraction of sp³-hybridized carbons (Fsp3) is 0.400. The van der Waals surface area contributed by atoms with E-state index in [0.717, 1.165) is 12.5 Å². The summed E-state index contributed by atoms with van der Waals surface area (Å²) in [6.07, 6.45) is 2.50. The Morgan fingerprint density at radius 2 is 1.96 bits per heavy atom. The molecule has 3 aliphatic rings. The van der Waals surface area contributed by atoms with Crippen LogP contribution in [0.5, 0.6) is 0 Å². The number of benzene rings is 2. The topological polar surface area (TPSA) is 27.3 Å². The lowest BCUT2D eigenvalue weighted by molar-refractivity contribution is 0.470. The van der Waals surface area contributed by atoms with Crippen LogP contribution in [0.4, 0.5) is 17.1 Å². The van der Waals surface area contributed by atoms with Crippen LogP contribution in [0.15, 0.2) is 42.5 Å². The highest BCUT2D eigenvalue weighted by atomic mass is 15.2. The summed E-state index contributed by atoms with van der Waals surface area (Å²) in [7, 11) is 0. The van der Waals surface area contributed by atoms with Gasteiger partial charge in [-0.25, -0.2) is 0 Å². The molecule has 2 aromatic rings. The highest BCUT2D eigenvalue weighted by Gasteiger charge is 2.38. The summed E-state index contributed by atoms with van der Waals surface area (Å²) in [5.41, 5.74) is 7.09. The molecule has 0 aliphatic carbocycles. The molecule has 0 amide bonds. The van der Waals surface area contributed by atoms with Gasteiger partial charge in [0.15, 0.2) is 0 Å². The summed E-state index contributed by atoms with van der Waals surface area (Å²) in [5.74, 6) is 1.47. The van der Waals surface area contributed by atoms with Crippen molar-refractivity contribution in [2.45, 2.75) is 18.8 Å². The molecular formula is C20H23N3. The molecule has 2 atom stereocenters. The van der Waals surface area contributed by atoms with Gasteiger partial charge in [-0.05, 0) is 54.2 Å². The molecule has 2 aromatic carbocycles. The molecule has 23 heavy (non-hydrogen) atoms. The maximum Gasteiger partial charge on any atom is 0.0436 e. The molecule has 118 valence electrons. The summed E-state index contributed by atoms with van der Waals surface area (Å²) in [6.45, 7) is 4.78. The van der Waals surface area contributed by atoms with Crippen LogP contribution in [0.3, 0.4) is 0 Å². The minimum Gasteiger partial charge on any atom is -0.371 e. The predicted octanol–water partition coefficient (Wildman–Crippen LogP) is 3.50. The summed E-state index contributed by atoms with van der Waals surface area (Å²) < 4.78 is 0. The van der Waals surface area contributed by atoms with E-state index in [1.165, 1.54) is 49.4 Å². The molecule has 0 bridgehead atoms. The fourth-order valence-electron chi connectivity index (χ4n) is 4.66. The third-order valence-electron chi connectivity index (χ3n) is 5.67. The van der Waals surface area contributed by atoms with Gasteiger partial charge in [0.05, 0.1) is 0 Å². The van der Waals surface area contributed by atoms with Gasteiger partial charge in [0.2, 0.25) is 0 Å². The Morgan fingerprint density at radius 1 is 1.04 bits per heavy atom. The molecule has 1 saturated heterocycles. The number of nitrogens with one attached hydrogen (secondary N) is 2. The number of aryl methyl sites for hydroxylation is 1. The Balaban J connectivity index is 1.59. The zero-order chi connectivity index (χ0) is 15.2. The first-order valence-corrected chi connectivity index (χ1v) is 8.83. The Morgan fingerprint density at radius 3 is 2.87 bits per heavy atom. The third kappa shape index (κ3) is 2.22. The van der Waals surface area contributed by atoms with E-state index in [1.807, 2.05) is 0 Å². The van der Waals surface area contributed by atoms with Gasteiger partial charge in [-0.3, -0.25) is 0 Å². The molecular weight excluding hydrogens is 282 g/mol. The lowest BCUT2D eigenvalue weighted by Gasteiger charge is -2.42. The van der Waals surface area contributed by atoms with Crippen LogP contribution in [0.2, 0.25) is 0 Å². The van der Waals surface area contributed by atoms with Crippen LogP contribution in [-0.4, -0.2) is 26.2 Å². The van der Waals surface area contributed by atoms with Crippen LogP contribution in [0, 0.1) is 5.92 Å². The first kappa shape index (κ1) is 13.4. The number of nitrogens with zero attached hydrogens (tertiary/aromatic N) is 1. The van der Waals surface area contributed by atoms with Crippen molar-refractivity contribution in [1.29, 1.82) is 0 Å². The summed E-state index contributed by atoms with van der Waals surface area (Å²) in [4.78, 5) is 2.65. The molecule has 3 heteroatoms. The van der Waals surface area contributed by atoms with Gasteiger partial charge in [-0.1, -0.05) is 18.2 Å². The standard InChI is InChI=1S/C20H23N3/c1-2-6-16(7-3-1)22-17-9-14-5-4-8-23-13-15-11-21-12-19(15)18(10-17)20(14)23/h1-3,6-7,9-10,15,19,21-22H,4-5,8,11-13H2/t15-,19-/m0/s1. The zero-order valence-corrected chi connectivity index (χ0v) is 13.4. The summed E-state index contributed by atoms with van der Waals surface area (Å²) in [6, 6.07) is 15.3. The molecule has 0 saturated carbocycles. The van der Waals surface area contributed by atoms with E-state index in [2.05, 4.69) is 58.0 Å². The first-order valence-electron chi connectivity index (χ1n) is 8.83. The number of rotatable bonds is 2. The Hall–Kier alpha value is -2.00. The van der Waals surface area contributed by atoms with Crippen molar-refractivity contribution in [3.63, 3.8) is 0 Å². The molecule has 0 spiro atoms. The fourth-order valence-corrected chi connectivity index (χ4v) is 4.66. The Kier molecular flexibility index (Phi) is 3.08. The van der Waals surface area contributed by atoms with Gasteiger partial charge < -0.3 is 15.5 Å². The molecule has 3 aliphatic heterocycles. The van der Waals surface area contributed by atoms with Crippen molar-refractivity contribution in [1.82, 2.24) is 5.32 Å². The minimum absolute atomic E-state index is 0.690. The quantitative estimate of drug-likeness (QED) is 0.889. The van der Waals surface area contributed by atoms with Crippen LogP contribution < -0.4 is 15.5 Å². The first-order chi connectivity index (χ1) is 11.4. The molecule has 1 fully saturated rings. The number of hydrogen-bond acceptors (Lipinski definition) is 3. The van der Waals surface area contributed by atoms with E-state index in [1.54, 1.807) is 11.3 Å². The highest BCUT2D eigenvalue weighted by Crippen LogP contribution is 2.46. The molecule has 5 rings (SSSR count). The maximum absolute atomic E-state index is 3.61. The number of fused-ring (bicyclic) bond motifs is 2. The van der Waals surface area contributed by atoms with E-state index in [0.29, 0.717) is 5.92 Å². The van der Waals surface area contributed by atoms with E-state index < -0.39 is 0 Å². The van der Waals surface area contributed by atoms with E-state index >= 15 is 0 Å². The third-order valence-corrected chi connectivity index (χ3v) is 5.67. The normalized spacial score (nSPS) is 25.0. The lowest BCUT2D eigenvalue weighted by Crippen LogP contribution is -2.40. The molecule has 2 N–H and O–H groups in total. The van der Waals surface area contributed by atoms with E-state index in [9.17, 15) is 0 Å². The monoisotopic (exact) mass is 305 g/mol. The zero-order valence-electron chi connectivity index (χ0n) is 13.4. The van der Waals surface area contributed by atoms with Crippen LogP contribution in [0.25, 0.3) is 0 Å². The summed E-state index contributed by atoms with van der Waals surface area (Å²) in [5, 5.41) is 7.22. The predicted molar refractivity (Wildman–Crippen MR) is 95.8 cm³/mol. The van der Waals surface area contributed by atoms with Crippen molar-refractivity contribution < 1.29 is 0 Å². The maximum atomic E-state index is 3.61. The second-order valence-electron chi connectivity index (χ2n) is 7.14. The molecule has 0 unspecified atom stereocenters. The van der Waals surface area contributed by atoms with Gasteiger partial charge in [0.1, 0.15) is 0 Å². The second kappa shape index (κ2) is 5.27. The molecule has 3 nitrogen and oxygen atoms in total. The Labute approximate surface area is 137 Å². The largest absolute Gasteiger partial charge is 0.371 e. The van der Waals surface area contributed by atoms with Crippen molar-refractivity contribution in [2.24, 2.45) is 5.92 Å².